The maximum Gasteiger partial charge on any atom is 0.215 e. The summed E-state index contributed by atoms with van der Waals surface area (Å²) in [6.45, 7) is 2.39. The summed E-state index contributed by atoms with van der Waals surface area (Å²) in [5.41, 5.74) is 3.02. The third-order valence-corrected chi connectivity index (χ3v) is 4.43. The molecule has 2 aromatic rings. The van der Waals surface area contributed by atoms with Crippen LogP contribution in [0.1, 0.15) is 16.7 Å². The third-order valence-electron chi connectivity index (χ3n) is 3.07. The first-order valence-electron chi connectivity index (χ1n) is 6.58. The minimum atomic E-state index is -3.27. The molecular weight excluding hydrogens is 272 g/mol. The van der Waals surface area contributed by atoms with Gasteiger partial charge in [-0.05, 0) is 30.5 Å². The second-order valence-electron chi connectivity index (χ2n) is 5.08. The molecule has 0 radical (unpaired) electrons. The van der Waals surface area contributed by atoms with Crippen molar-refractivity contribution >= 4 is 10.0 Å². The summed E-state index contributed by atoms with van der Waals surface area (Å²) >= 11 is 0. The number of aryl methyl sites for hydroxylation is 2. The predicted octanol–water partition coefficient (Wildman–Crippen LogP) is 2.00. The van der Waals surface area contributed by atoms with Crippen LogP contribution in [0.15, 0.2) is 42.7 Å². The number of benzene rings is 1. The normalized spacial score (nSPS) is 11.7. The highest BCUT2D eigenvalue weighted by atomic mass is 32.2. The summed E-state index contributed by atoms with van der Waals surface area (Å²) in [7, 11) is -1.32. The number of nitrogens with zero attached hydrogens (tertiary/aromatic N) is 1. The molecule has 0 bridgehead atoms. The zero-order valence-electron chi connectivity index (χ0n) is 11.8. The molecule has 5 heteroatoms. The smallest absolute Gasteiger partial charge is 0.215 e. The van der Waals surface area contributed by atoms with Crippen LogP contribution in [-0.2, 0) is 29.2 Å². The van der Waals surface area contributed by atoms with Gasteiger partial charge in [-0.3, -0.25) is 0 Å². The lowest BCUT2D eigenvalue weighted by Gasteiger charge is -2.07. The van der Waals surface area contributed by atoms with Crippen LogP contribution in [0.5, 0.6) is 0 Å². The molecule has 0 fully saturated rings. The van der Waals surface area contributed by atoms with E-state index in [1.165, 1.54) is 0 Å². The molecule has 0 aliphatic heterocycles. The van der Waals surface area contributed by atoms with E-state index in [2.05, 4.69) is 4.72 Å². The van der Waals surface area contributed by atoms with E-state index in [-0.39, 0.29) is 5.75 Å². The molecule has 0 aliphatic rings. The Morgan fingerprint density at radius 1 is 1.20 bits per heavy atom. The first kappa shape index (κ1) is 14.8. The molecule has 0 aliphatic carbocycles. The Hall–Kier alpha value is -1.59. The summed E-state index contributed by atoms with van der Waals surface area (Å²) in [6.07, 6.45) is 4.65. The van der Waals surface area contributed by atoms with Crippen molar-refractivity contribution < 1.29 is 8.42 Å². The lowest BCUT2D eigenvalue weighted by atomic mass is 10.2. The summed E-state index contributed by atoms with van der Waals surface area (Å²) in [5, 5.41) is 0. The van der Waals surface area contributed by atoms with Crippen LogP contribution in [0.2, 0.25) is 0 Å². The zero-order chi connectivity index (χ0) is 14.6. The number of hydrogen-bond donors (Lipinski definition) is 1. The Balaban J connectivity index is 1.88. The molecule has 1 heterocycles. The number of hydrogen-bond acceptors (Lipinski definition) is 2. The van der Waals surface area contributed by atoms with Crippen LogP contribution in [0.25, 0.3) is 0 Å². The third kappa shape index (κ3) is 4.51. The highest BCUT2D eigenvalue weighted by molar-refractivity contribution is 7.88. The molecular formula is C15H20N2O2S. The largest absolute Gasteiger partial charge is 0.357 e. The first-order valence-corrected chi connectivity index (χ1v) is 8.23. The Morgan fingerprint density at radius 3 is 2.65 bits per heavy atom. The lowest BCUT2D eigenvalue weighted by Crippen LogP contribution is -2.27. The Bertz CT molecular complexity index is 675. The minimum absolute atomic E-state index is 0.0312. The highest BCUT2D eigenvalue weighted by Crippen LogP contribution is 2.08. The SMILES string of the molecule is Cc1cccc(CS(=O)(=O)NCCc2ccn(C)c2)c1. The monoisotopic (exact) mass is 292 g/mol. The van der Waals surface area contributed by atoms with Crippen molar-refractivity contribution in [3.05, 3.63) is 59.4 Å². The van der Waals surface area contributed by atoms with Gasteiger partial charge in [0.2, 0.25) is 10.0 Å². The Kier molecular flexibility index (Phi) is 4.62. The van der Waals surface area contributed by atoms with Crippen molar-refractivity contribution in [2.45, 2.75) is 19.1 Å². The van der Waals surface area contributed by atoms with Crippen molar-refractivity contribution in [3.8, 4) is 0 Å². The van der Waals surface area contributed by atoms with E-state index in [0.717, 1.165) is 16.7 Å². The Morgan fingerprint density at radius 2 is 2.00 bits per heavy atom. The molecule has 1 N–H and O–H groups in total. The molecule has 108 valence electrons. The van der Waals surface area contributed by atoms with Gasteiger partial charge in [0.1, 0.15) is 0 Å². The molecule has 1 aromatic heterocycles. The van der Waals surface area contributed by atoms with Crippen molar-refractivity contribution in [1.29, 1.82) is 0 Å². The molecule has 1 aromatic carbocycles. The molecule has 20 heavy (non-hydrogen) atoms. The van der Waals surface area contributed by atoms with Gasteiger partial charge < -0.3 is 4.57 Å². The summed E-state index contributed by atoms with van der Waals surface area (Å²) in [4.78, 5) is 0. The van der Waals surface area contributed by atoms with Crippen molar-refractivity contribution in [1.82, 2.24) is 9.29 Å². The van der Waals surface area contributed by atoms with Gasteiger partial charge in [-0.1, -0.05) is 29.8 Å². The van der Waals surface area contributed by atoms with Gasteiger partial charge in [0.25, 0.3) is 0 Å². The second kappa shape index (κ2) is 6.24. The van der Waals surface area contributed by atoms with Crippen LogP contribution in [0.4, 0.5) is 0 Å². The molecule has 0 amide bonds. The van der Waals surface area contributed by atoms with Crippen LogP contribution >= 0.6 is 0 Å². The van der Waals surface area contributed by atoms with Gasteiger partial charge in [0, 0.05) is 26.0 Å². The average Bonchev–Trinajstić information content (AvgIpc) is 2.74. The van der Waals surface area contributed by atoms with E-state index in [9.17, 15) is 8.42 Å². The maximum absolute atomic E-state index is 12.0. The molecule has 0 unspecified atom stereocenters. The fraction of sp³-hybridized carbons (Fsp3) is 0.333. The number of aromatic nitrogens is 1. The van der Waals surface area contributed by atoms with Gasteiger partial charge in [0.15, 0.2) is 0 Å². The Labute approximate surface area is 120 Å². The van der Waals surface area contributed by atoms with Crippen molar-refractivity contribution in [2.24, 2.45) is 7.05 Å². The van der Waals surface area contributed by atoms with E-state index >= 15 is 0 Å². The van der Waals surface area contributed by atoms with Gasteiger partial charge >= 0.3 is 0 Å². The second-order valence-corrected chi connectivity index (χ2v) is 6.88. The quantitative estimate of drug-likeness (QED) is 0.885. The minimum Gasteiger partial charge on any atom is -0.357 e. The molecule has 0 saturated carbocycles. The van der Waals surface area contributed by atoms with Gasteiger partial charge in [-0.25, -0.2) is 13.1 Å². The maximum atomic E-state index is 12.0. The van der Waals surface area contributed by atoms with E-state index < -0.39 is 10.0 Å². The molecule has 4 nitrogen and oxygen atoms in total. The summed E-state index contributed by atoms with van der Waals surface area (Å²) < 4.78 is 28.6. The number of rotatable bonds is 6. The first-order chi connectivity index (χ1) is 9.44. The molecule has 2 rings (SSSR count). The fourth-order valence-electron chi connectivity index (χ4n) is 2.13. The number of sulfonamides is 1. The summed E-state index contributed by atoms with van der Waals surface area (Å²) in [5.74, 6) is 0.0312. The van der Waals surface area contributed by atoms with Crippen LogP contribution < -0.4 is 4.72 Å². The van der Waals surface area contributed by atoms with E-state index in [1.807, 2.05) is 61.3 Å². The van der Waals surface area contributed by atoms with Gasteiger partial charge in [-0.2, -0.15) is 0 Å². The van der Waals surface area contributed by atoms with Crippen molar-refractivity contribution in [2.75, 3.05) is 6.54 Å². The molecule has 0 atom stereocenters. The highest BCUT2D eigenvalue weighted by Gasteiger charge is 2.11. The number of nitrogens with one attached hydrogen (secondary N) is 1. The van der Waals surface area contributed by atoms with E-state index in [0.29, 0.717) is 13.0 Å². The predicted molar refractivity (Wildman–Crippen MR) is 80.9 cm³/mol. The topological polar surface area (TPSA) is 51.1 Å². The van der Waals surface area contributed by atoms with Crippen LogP contribution in [0.3, 0.4) is 0 Å². The fourth-order valence-corrected chi connectivity index (χ4v) is 3.27. The van der Waals surface area contributed by atoms with Crippen LogP contribution in [-0.4, -0.2) is 19.5 Å². The van der Waals surface area contributed by atoms with Crippen LogP contribution in [0, 0.1) is 6.92 Å². The van der Waals surface area contributed by atoms with E-state index in [4.69, 9.17) is 0 Å². The van der Waals surface area contributed by atoms with Crippen molar-refractivity contribution in [3.63, 3.8) is 0 Å². The lowest BCUT2D eigenvalue weighted by molar-refractivity contribution is 0.581. The average molecular weight is 292 g/mol. The van der Waals surface area contributed by atoms with Gasteiger partial charge in [-0.15, -0.1) is 0 Å². The molecule has 0 saturated heterocycles. The standard InChI is InChI=1S/C15H20N2O2S/c1-13-4-3-5-15(10-13)12-20(18,19)16-8-6-14-7-9-17(2)11-14/h3-5,7,9-11,16H,6,8,12H2,1-2H3. The van der Waals surface area contributed by atoms with Gasteiger partial charge in [0.05, 0.1) is 5.75 Å². The zero-order valence-corrected chi connectivity index (χ0v) is 12.7. The summed E-state index contributed by atoms with van der Waals surface area (Å²) in [6, 6.07) is 9.57. The van der Waals surface area contributed by atoms with E-state index in [1.54, 1.807) is 0 Å². The molecule has 0 spiro atoms.